The fourth-order valence-corrected chi connectivity index (χ4v) is 2.79. The summed E-state index contributed by atoms with van der Waals surface area (Å²) in [5.41, 5.74) is 7.26. The second-order valence-electron chi connectivity index (χ2n) is 4.76. The molecular formula is C18H12N4S. The van der Waals surface area contributed by atoms with Gasteiger partial charge in [-0.15, -0.1) is 0 Å². The summed E-state index contributed by atoms with van der Waals surface area (Å²) in [5, 5.41) is 20.5. The van der Waals surface area contributed by atoms with Crippen LogP contribution in [-0.2, 0) is 0 Å². The lowest BCUT2D eigenvalue weighted by Gasteiger charge is -2.28. The molecule has 0 bridgehead atoms. The number of nitriles is 2. The Bertz CT molecular complexity index is 842. The Hall–Kier alpha value is -3.15. The summed E-state index contributed by atoms with van der Waals surface area (Å²) < 4.78 is 1.55. The largest absolute Gasteiger partial charge is 0.287 e. The van der Waals surface area contributed by atoms with Gasteiger partial charge in [-0.25, -0.2) is 4.41 Å². The Balaban J connectivity index is 2.20. The molecule has 0 amide bonds. The van der Waals surface area contributed by atoms with Crippen LogP contribution in [0.4, 0.5) is 0 Å². The predicted octanol–water partition coefficient (Wildman–Crippen LogP) is 3.91. The maximum Gasteiger partial charge on any atom is 0.157 e. The van der Waals surface area contributed by atoms with Gasteiger partial charge in [0.15, 0.2) is 5.40 Å². The van der Waals surface area contributed by atoms with Crippen molar-refractivity contribution in [3.63, 3.8) is 0 Å². The van der Waals surface area contributed by atoms with Crippen LogP contribution in [0.5, 0.6) is 0 Å². The van der Waals surface area contributed by atoms with Gasteiger partial charge in [-0.05, 0) is 5.56 Å². The first-order chi connectivity index (χ1) is 11.3. The predicted molar refractivity (Wildman–Crippen MR) is 91.6 cm³/mol. The van der Waals surface area contributed by atoms with E-state index < -0.39 is 0 Å². The molecule has 1 heterocycles. The second-order valence-corrected chi connectivity index (χ2v) is 5.52. The highest BCUT2D eigenvalue weighted by Crippen LogP contribution is 2.35. The van der Waals surface area contributed by atoms with Gasteiger partial charge in [0.05, 0.1) is 29.4 Å². The molecule has 0 saturated carbocycles. The Morgan fingerprint density at radius 3 is 2.04 bits per heavy atom. The van der Waals surface area contributed by atoms with Gasteiger partial charge >= 0.3 is 0 Å². The zero-order valence-electron chi connectivity index (χ0n) is 12.1. The van der Waals surface area contributed by atoms with Crippen LogP contribution in [0.2, 0.25) is 0 Å². The number of allylic oxidation sites excluding steroid dienone is 2. The van der Waals surface area contributed by atoms with Gasteiger partial charge < -0.3 is 0 Å². The maximum atomic E-state index is 9.57. The molecule has 0 radical (unpaired) electrons. The van der Waals surface area contributed by atoms with Crippen molar-refractivity contribution in [2.45, 2.75) is 0 Å². The fourth-order valence-electron chi connectivity index (χ4n) is 2.41. The number of hydrazine groups is 1. The van der Waals surface area contributed by atoms with Crippen molar-refractivity contribution in [3.8, 4) is 11.5 Å². The van der Waals surface area contributed by atoms with Crippen molar-refractivity contribution < 1.29 is 0 Å². The number of nitrogens with zero attached hydrogens (tertiary/aromatic N) is 3. The average Bonchev–Trinajstić information content (AvgIpc) is 2.62. The molecule has 0 spiro atoms. The molecule has 110 valence electrons. The SMILES string of the molecule is N#CSN1C=C(C#N)C(c2ccccc2)=C(c2ccccc2)N1. The lowest BCUT2D eigenvalue weighted by Crippen LogP contribution is -2.30. The number of rotatable bonds is 3. The van der Waals surface area contributed by atoms with Crippen LogP contribution in [0, 0.1) is 22.0 Å². The molecule has 1 aliphatic heterocycles. The molecule has 23 heavy (non-hydrogen) atoms. The molecule has 0 saturated heterocycles. The lowest BCUT2D eigenvalue weighted by molar-refractivity contribution is 0.551. The Morgan fingerprint density at radius 2 is 1.48 bits per heavy atom. The van der Waals surface area contributed by atoms with E-state index in [1.807, 2.05) is 66.1 Å². The molecule has 2 aromatic rings. The van der Waals surface area contributed by atoms with Gasteiger partial charge in [-0.2, -0.15) is 10.5 Å². The quantitative estimate of drug-likeness (QED) is 0.687. The molecule has 5 heteroatoms. The molecule has 0 unspecified atom stereocenters. The number of benzene rings is 2. The van der Waals surface area contributed by atoms with Gasteiger partial charge in [0.1, 0.15) is 6.07 Å². The first-order valence-electron chi connectivity index (χ1n) is 6.93. The second kappa shape index (κ2) is 6.74. The molecule has 1 aliphatic rings. The molecule has 0 aliphatic carbocycles. The van der Waals surface area contributed by atoms with Crippen LogP contribution < -0.4 is 5.43 Å². The molecule has 0 atom stereocenters. The highest BCUT2D eigenvalue weighted by Gasteiger charge is 2.22. The summed E-state index contributed by atoms with van der Waals surface area (Å²) in [5.74, 6) is 0. The zero-order chi connectivity index (χ0) is 16.1. The molecule has 1 N–H and O–H groups in total. The minimum absolute atomic E-state index is 0.511. The summed E-state index contributed by atoms with van der Waals surface area (Å²) in [6.45, 7) is 0. The molecule has 2 aromatic carbocycles. The first kappa shape index (κ1) is 14.8. The van der Waals surface area contributed by atoms with Gasteiger partial charge in [-0.3, -0.25) is 5.43 Å². The number of nitrogens with one attached hydrogen (secondary N) is 1. The van der Waals surface area contributed by atoms with E-state index in [-0.39, 0.29) is 0 Å². The van der Waals surface area contributed by atoms with Crippen molar-refractivity contribution in [3.05, 3.63) is 83.6 Å². The van der Waals surface area contributed by atoms with Crippen molar-refractivity contribution in [1.29, 1.82) is 10.5 Å². The normalized spacial score (nSPS) is 13.7. The lowest BCUT2D eigenvalue weighted by atomic mass is 9.93. The van der Waals surface area contributed by atoms with Gasteiger partial charge in [-0.1, -0.05) is 60.7 Å². The fraction of sp³-hybridized carbons (Fsp3) is 0. The van der Waals surface area contributed by atoms with Gasteiger partial charge in [0.2, 0.25) is 0 Å². The van der Waals surface area contributed by atoms with Gasteiger partial charge in [0, 0.05) is 11.1 Å². The summed E-state index contributed by atoms with van der Waals surface area (Å²) in [6.07, 6.45) is 1.64. The van der Waals surface area contributed by atoms with Crippen molar-refractivity contribution in [2.75, 3.05) is 0 Å². The van der Waals surface area contributed by atoms with E-state index in [1.54, 1.807) is 10.6 Å². The van der Waals surface area contributed by atoms with Crippen molar-refractivity contribution in [1.82, 2.24) is 9.84 Å². The van der Waals surface area contributed by atoms with E-state index in [2.05, 4.69) is 11.5 Å². The van der Waals surface area contributed by atoms with Crippen molar-refractivity contribution >= 4 is 23.2 Å². The number of hydrogen-bond acceptors (Lipinski definition) is 5. The smallest absolute Gasteiger partial charge is 0.157 e. The average molecular weight is 316 g/mol. The van der Waals surface area contributed by atoms with E-state index in [0.29, 0.717) is 5.57 Å². The third-order valence-corrected chi connectivity index (χ3v) is 3.85. The topological polar surface area (TPSA) is 62.9 Å². The standard InChI is InChI=1S/C18H12N4S/c19-11-16-12-22(23-13-20)21-18(15-9-5-2-6-10-15)17(16)14-7-3-1-4-8-14/h1-10,12,21H. The van der Waals surface area contributed by atoms with E-state index in [1.165, 1.54) is 0 Å². The van der Waals surface area contributed by atoms with E-state index >= 15 is 0 Å². The Morgan fingerprint density at radius 1 is 0.870 bits per heavy atom. The minimum atomic E-state index is 0.511. The highest BCUT2D eigenvalue weighted by molar-refractivity contribution is 8.01. The van der Waals surface area contributed by atoms with Crippen LogP contribution in [-0.4, -0.2) is 4.41 Å². The molecule has 4 nitrogen and oxygen atoms in total. The monoisotopic (exact) mass is 316 g/mol. The number of hydrogen-bond donors (Lipinski definition) is 1. The van der Waals surface area contributed by atoms with Gasteiger partial charge in [0.25, 0.3) is 0 Å². The van der Waals surface area contributed by atoms with Crippen LogP contribution >= 0.6 is 11.9 Å². The van der Waals surface area contributed by atoms with Crippen molar-refractivity contribution in [2.24, 2.45) is 0 Å². The zero-order valence-corrected chi connectivity index (χ0v) is 12.9. The van der Waals surface area contributed by atoms with E-state index in [4.69, 9.17) is 5.26 Å². The van der Waals surface area contributed by atoms with Crippen LogP contribution in [0.3, 0.4) is 0 Å². The van der Waals surface area contributed by atoms with E-state index in [0.717, 1.165) is 34.3 Å². The molecule has 0 aromatic heterocycles. The first-order valence-corrected chi connectivity index (χ1v) is 7.70. The summed E-state index contributed by atoms with van der Waals surface area (Å²) in [4.78, 5) is 0. The molecule has 0 fully saturated rings. The summed E-state index contributed by atoms with van der Waals surface area (Å²) in [6, 6.07) is 21.8. The Kier molecular flexibility index (Phi) is 4.33. The third-order valence-electron chi connectivity index (χ3n) is 3.37. The maximum absolute atomic E-state index is 9.57. The Labute approximate surface area is 139 Å². The highest BCUT2D eigenvalue weighted by atomic mass is 32.2. The molecule has 3 rings (SSSR count). The molecular weight excluding hydrogens is 304 g/mol. The third kappa shape index (κ3) is 3.06. The minimum Gasteiger partial charge on any atom is -0.287 e. The van der Waals surface area contributed by atoms with Crippen LogP contribution in [0.15, 0.2) is 72.4 Å². The van der Waals surface area contributed by atoms with Crippen LogP contribution in [0.1, 0.15) is 11.1 Å². The summed E-state index contributed by atoms with van der Waals surface area (Å²) in [7, 11) is 0. The summed E-state index contributed by atoms with van der Waals surface area (Å²) >= 11 is 0.933. The van der Waals surface area contributed by atoms with Crippen LogP contribution in [0.25, 0.3) is 11.3 Å². The van der Waals surface area contributed by atoms with E-state index in [9.17, 15) is 5.26 Å². The number of thiocyanates is 1.